The number of hydrogen-bond donors (Lipinski definition) is 1. The van der Waals surface area contributed by atoms with Gasteiger partial charge in [0.2, 0.25) is 0 Å². The quantitative estimate of drug-likeness (QED) is 0.566. The van der Waals surface area contributed by atoms with Gasteiger partial charge in [0.05, 0.1) is 22.7 Å². The highest BCUT2D eigenvalue weighted by atomic mass is 16.3. The Kier molecular flexibility index (Phi) is 3.46. The van der Waals surface area contributed by atoms with E-state index >= 15 is 0 Å². The van der Waals surface area contributed by atoms with Gasteiger partial charge in [0, 0.05) is 19.3 Å². The lowest BCUT2D eigenvalue weighted by Crippen LogP contribution is -2.07. The Morgan fingerprint density at radius 1 is 1.17 bits per heavy atom. The van der Waals surface area contributed by atoms with Gasteiger partial charge in [-0.15, -0.1) is 0 Å². The molecule has 0 unspecified atom stereocenters. The van der Waals surface area contributed by atoms with E-state index in [-0.39, 0.29) is 0 Å². The van der Waals surface area contributed by atoms with Crippen molar-refractivity contribution >= 4 is 27.8 Å². The van der Waals surface area contributed by atoms with E-state index in [4.69, 9.17) is 4.42 Å². The number of pyridine rings is 1. The average molecular weight is 306 g/mol. The molecule has 5 heteroatoms. The van der Waals surface area contributed by atoms with Crippen LogP contribution in [0.4, 0.5) is 5.82 Å². The van der Waals surface area contributed by atoms with Crippen molar-refractivity contribution in [2.75, 3.05) is 11.9 Å². The standard InChI is InChI=1S/C18H18N4O/c1-13-11-14-17(23-13)7-9-20-18(14)19-8-4-10-22-12-21-15-5-2-3-6-16(15)22/h2-3,5-7,9,11-12H,4,8,10H2,1H3,(H,19,20). The number of para-hydroxylation sites is 2. The maximum Gasteiger partial charge on any atom is 0.139 e. The first-order valence-corrected chi connectivity index (χ1v) is 7.80. The van der Waals surface area contributed by atoms with Crippen molar-refractivity contribution in [2.24, 2.45) is 0 Å². The summed E-state index contributed by atoms with van der Waals surface area (Å²) in [7, 11) is 0. The van der Waals surface area contributed by atoms with Gasteiger partial charge in [-0.3, -0.25) is 0 Å². The van der Waals surface area contributed by atoms with Crippen molar-refractivity contribution < 1.29 is 4.42 Å². The Morgan fingerprint density at radius 3 is 3.04 bits per heavy atom. The summed E-state index contributed by atoms with van der Waals surface area (Å²) in [6.45, 7) is 3.73. The minimum atomic E-state index is 0.850. The van der Waals surface area contributed by atoms with Gasteiger partial charge in [0.1, 0.15) is 17.2 Å². The van der Waals surface area contributed by atoms with E-state index in [2.05, 4.69) is 25.9 Å². The molecule has 3 aromatic heterocycles. The fraction of sp³-hybridized carbons (Fsp3) is 0.222. The monoisotopic (exact) mass is 306 g/mol. The molecule has 0 spiro atoms. The minimum absolute atomic E-state index is 0.850. The molecule has 0 saturated carbocycles. The van der Waals surface area contributed by atoms with Crippen LogP contribution in [0.5, 0.6) is 0 Å². The molecular formula is C18H18N4O. The normalized spacial score (nSPS) is 11.3. The molecule has 4 aromatic rings. The first-order valence-electron chi connectivity index (χ1n) is 7.80. The van der Waals surface area contributed by atoms with E-state index in [1.807, 2.05) is 43.6 Å². The fourth-order valence-electron chi connectivity index (χ4n) is 2.88. The summed E-state index contributed by atoms with van der Waals surface area (Å²) in [6.07, 6.45) is 4.68. The lowest BCUT2D eigenvalue weighted by molar-refractivity contribution is 0.578. The second-order valence-corrected chi connectivity index (χ2v) is 5.64. The summed E-state index contributed by atoms with van der Waals surface area (Å²) in [4.78, 5) is 8.83. The highest BCUT2D eigenvalue weighted by Crippen LogP contribution is 2.24. The van der Waals surface area contributed by atoms with Gasteiger partial charge >= 0.3 is 0 Å². The smallest absolute Gasteiger partial charge is 0.139 e. The number of nitrogens with one attached hydrogen (secondary N) is 1. The van der Waals surface area contributed by atoms with Gasteiger partial charge in [0.25, 0.3) is 0 Å². The van der Waals surface area contributed by atoms with E-state index in [1.165, 1.54) is 5.52 Å². The second kappa shape index (κ2) is 5.76. The average Bonchev–Trinajstić information content (AvgIpc) is 3.14. The van der Waals surface area contributed by atoms with Crippen molar-refractivity contribution in [3.8, 4) is 0 Å². The SMILES string of the molecule is Cc1cc2c(NCCCn3cnc4ccccc43)nccc2o1. The second-order valence-electron chi connectivity index (χ2n) is 5.64. The number of anilines is 1. The Labute approximate surface area is 134 Å². The number of furan rings is 1. The van der Waals surface area contributed by atoms with Gasteiger partial charge in [0.15, 0.2) is 0 Å². The van der Waals surface area contributed by atoms with Crippen LogP contribution in [-0.2, 0) is 6.54 Å². The Hall–Kier alpha value is -2.82. The van der Waals surface area contributed by atoms with Crippen LogP contribution in [0.2, 0.25) is 0 Å². The molecular weight excluding hydrogens is 288 g/mol. The van der Waals surface area contributed by atoms with Crippen LogP contribution in [0.3, 0.4) is 0 Å². The number of aryl methyl sites for hydroxylation is 2. The molecule has 5 nitrogen and oxygen atoms in total. The maximum absolute atomic E-state index is 5.63. The summed E-state index contributed by atoms with van der Waals surface area (Å²) in [5, 5.41) is 4.45. The predicted molar refractivity (Wildman–Crippen MR) is 91.6 cm³/mol. The number of benzene rings is 1. The molecule has 0 aliphatic heterocycles. The van der Waals surface area contributed by atoms with E-state index in [1.54, 1.807) is 6.20 Å². The zero-order valence-corrected chi connectivity index (χ0v) is 13.0. The van der Waals surface area contributed by atoms with Crippen molar-refractivity contribution in [1.29, 1.82) is 0 Å². The number of rotatable bonds is 5. The topological polar surface area (TPSA) is 55.9 Å². The Morgan fingerprint density at radius 2 is 2.09 bits per heavy atom. The molecule has 0 amide bonds. The molecule has 23 heavy (non-hydrogen) atoms. The fourth-order valence-corrected chi connectivity index (χ4v) is 2.88. The number of nitrogens with zero attached hydrogens (tertiary/aromatic N) is 3. The molecule has 0 radical (unpaired) electrons. The van der Waals surface area contributed by atoms with Crippen molar-refractivity contribution in [3.05, 3.63) is 54.7 Å². The molecule has 0 atom stereocenters. The van der Waals surface area contributed by atoms with Gasteiger partial charge < -0.3 is 14.3 Å². The summed E-state index contributed by atoms with van der Waals surface area (Å²) in [6, 6.07) is 12.1. The van der Waals surface area contributed by atoms with Gasteiger partial charge in [-0.2, -0.15) is 0 Å². The zero-order chi connectivity index (χ0) is 15.6. The minimum Gasteiger partial charge on any atom is -0.461 e. The largest absolute Gasteiger partial charge is 0.461 e. The highest BCUT2D eigenvalue weighted by molar-refractivity contribution is 5.88. The van der Waals surface area contributed by atoms with Gasteiger partial charge in [-0.05, 0) is 37.6 Å². The molecule has 0 aliphatic carbocycles. The molecule has 0 aliphatic rings. The predicted octanol–water partition coefficient (Wildman–Crippen LogP) is 3.99. The molecule has 4 rings (SSSR count). The molecule has 3 heterocycles. The summed E-state index contributed by atoms with van der Waals surface area (Å²) < 4.78 is 7.82. The number of hydrogen-bond acceptors (Lipinski definition) is 4. The summed E-state index contributed by atoms with van der Waals surface area (Å²) >= 11 is 0. The van der Waals surface area contributed by atoms with Crippen LogP contribution < -0.4 is 5.32 Å². The van der Waals surface area contributed by atoms with Crippen LogP contribution in [0.1, 0.15) is 12.2 Å². The van der Waals surface area contributed by atoms with Crippen molar-refractivity contribution in [2.45, 2.75) is 19.9 Å². The van der Waals surface area contributed by atoms with E-state index in [0.29, 0.717) is 0 Å². The number of aromatic nitrogens is 3. The summed E-state index contributed by atoms with van der Waals surface area (Å²) in [5.74, 6) is 1.79. The molecule has 0 saturated heterocycles. The third-order valence-electron chi connectivity index (χ3n) is 3.96. The van der Waals surface area contributed by atoms with Crippen LogP contribution in [0.15, 0.2) is 53.3 Å². The van der Waals surface area contributed by atoms with Gasteiger partial charge in [-0.25, -0.2) is 9.97 Å². The first kappa shape index (κ1) is 13.8. The molecule has 116 valence electrons. The lowest BCUT2D eigenvalue weighted by atomic mass is 10.3. The molecule has 0 bridgehead atoms. The van der Waals surface area contributed by atoms with Crippen LogP contribution in [0.25, 0.3) is 22.0 Å². The number of fused-ring (bicyclic) bond motifs is 2. The Bertz CT molecular complexity index is 954. The number of imidazole rings is 1. The van der Waals surface area contributed by atoms with E-state index < -0.39 is 0 Å². The molecule has 0 fully saturated rings. The Balaban J connectivity index is 1.42. The van der Waals surface area contributed by atoms with Crippen molar-refractivity contribution in [3.63, 3.8) is 0 Å². The first-order chi connectivity index (χ1) is 11.3. The third-order valence-corrected chi connectivity index (χ3v) is 3.96. The van der Waals surface area contributed by atoms with E-state index in [9.17, 15) is 0 Å². The van der Waals surface area contributed by atoms with Crippen LogP contribution in [-0.4, -0.2) is 21.1 Å². The summed E-state index contributed by atoms with van der Waals surface area (Å²) in [5.41, 5.74) is 3.10. The highest BCUT2D eigenvalue weighted by Gasteiger charge is 2.06. The molecule has 1 N–H and O–H groups in total. The lowest BCUT2D eigenvalue weighted by Gasteiger charge is -2.07. The molecule has 1 aromatic carbocycles. The van der Waals surface area contributed by atoms with E-state index in [0.717, 1.165) is 47.6 Å². The maximum atomic E-state index is 5.63. The van der Waals surface area contributed by atoms with Crippen LogP contribution >= 0.6 is 0 Å². The third kappa shape index (κ3) is 2.65. The zero-order valence-electron chi connectivity index (χ0n) is 13.0. The van der Waals surface area contributed by atoms with Gasteiger partial charge in [-0.1, -0.05) is 12.1 Å². The van der Waals surface area contributed by atoms with Crippen LogP contribution in [0, 0.1) is 6.92 Å². The van der Waals surface area contributed by atoms with Crippen molar-refractivity contribution in [1.82, 2.24) is 14.5 Å².